The second kappa shape index (κ2) is 9.55. The SMILES string of the molecule is CCOc1ccccc1NC(=O)c1nnn(CC(=O)Nc2ccccc2CC)c1N. The van der Waals surface area contributed by atoms with Crippen LogP contribution in [0.4, 0.5) is 17.2 Å². The van der Waals surface area contributed by atoms with Crippen molar-refractivity contribution in [1.29, 1.82) is 0 Å². The Morgan fingerprint density at radius 1 is 1.03 bits per heavy atom. The number of hydrogen-bond donors (Lipinski definition) is 3. The van der Waals surface area contributed by atoms with Crippen LogP contribution in [0.5, 0.6) is 5.75 Å². The van der Waals surface area contributed by atoms with E-state index in [4.69, 9.17) is 10.5 Å². The summed E-state index contributed by atoms with van der Waals surface area (Å²) < 4.78 is 6.68. The molecule has 4 N–H and O–H groups in total. The molecule has 156 valence electrons. The first kappa shape index (κ1) is 20.8. The van der Waals surface area contributed by atoms with Crippen LogP contribution in [-0.2, 0) is 17.8 Å². The molecule has 3 aromatic rings. The molecule has 0 saturated carbocycles. The normalized spacial score (nSPS) is 10.5. The molecule has 30 heavy (non-hydrogen) atoms. The smallest absolute Gasteiger partial charge is 0.280 e. The Morgan fingerprint density at radius 3 is 2.47 bits per heavy atom. The summed E-state index contributed by atoms with van der Waals surface area (Å²) >= 11 is 0. The lowest BCUT2D eigenvalue weighted by Gasteiger charge is -2.11. The zero-order chi connectivity index (χ0) is 21.5. The van der Waals surface area contributed by atoms with Crippen LogP contribution < -0.4 is 21.1 Å². The fourth-order valence-electron chi connectivity index (χ4n) is 2.91. The van der Waals surface area contributed by atoms with Crippen molar-refractivity contribution in [3.05, 3.63) is 59.8 Å². The van der Waals surface area contributed by atoms with Gasteiger partial charge in [0.05, 0.1) is 12.3 Å². The number of aromatic nitrogens is 3. The third-order valence-corrected chi connectivity index (χ3v) is 4.39. The maximum absolute atomic E-state index is 12.6. The molecule has 2 aromatic carbocycles. The topological polar surface area (TPSA) is 124 Å². The van der Waals surface area contributed by atoms with Crippen molar-refractivity contribution in [3.8, 4) is 5.75 Å². The average Bonchev–Trinajstić information content (AvgIpc) is 3.10. The lowest BCUT2D eigenvalue weighted by Crippen LogP contribution is -2.22. The fraction of sp³-hybridized carbons (Fsp3) is 0.238. The van der Waals surface area contributed by atoms with Gasteiger partial charge in [0, 0.05) is 5.69 Å². The molecule has 0 fully saturated rings. The summed E-state index contributed by atoms with van der Waals surface area (Å²) in [6.45, 7) is 4.16. The summed E-state index contributed by atoms with van der Waals surface area (Å²) in [5, 5.41) is 13.2. The number of ether oxygens (including phenoxy) is 1. The first-order valence-electron chi connectivity index (χ1n) is 9.63. The minimum absolute atomic E-state index is 0.000294. The number of nitrogen functional groups attached to an aromatic ring is 1. The quantitative estimate of drug-likeness (QED) is 0.526. The molecule has 2 amide bonds. The molecular weight excluding hydrogens is 384 g/mol. The summed E-state index contributed by atoms with van der Waals surface area (Å²) in [4.78, 5) is 25.0. The molecule has 1 heterocycles. The number of nitrogens with one attached hydrogen (secondary N) is 2. The van der Waals surface area contributed by atoms with E-state index in [0.717, 1.165) is 17.7 Å². The van der Waals surface area contributed by atoms with Crippen LogP contribution in [0.25, 0.3) is 0 Å². The average molecular weight is 408 g/mol. The number of hydrogen-bond acceptors (Lipinski definition) is 6. The largest absolute Gasteiger partial charge is 0.492 e. The summed E-state index contributed by atoms with van der Waals surface area (Å²) in [7, 11) is 0. The van der Waals surface area contributed by atoms with Crippen LogP contribution in [0.2, 0.25) is 0 Å². The van der Waals surface area contributed by atoms with Gasteiger partial charge in [0.2, 0.25) is 5.91 Å². The van der Waals surface area contributed by atoms with E-state index in [9.17, 15) is 9.59 Å². The summed E-state index contributed by atoms with van der Waals surface area (Å²) in [5.41, 5.74) is 8.19. The van der Waals surface area contributed by atoms with Gasteiger partial charge in [-0.15, -0.1) is 5.10 Å². The third-order valence-electron chi connectivity index (χ3n) is 4.39. The Balaban J connectivity index is 1.70. The molecule has 0 radical (unpaired) electrons. The molecule has 0 aliphatic rings. The molecule has 0 bridgehead atoms. The van der Waals surface area contributed by atoms with E-state index in [1.807, 2.05) is 38.1 Å². The number of rotatable bonds is 8. The van der Waals surface area contributed by atoms with Gasteiger partial charge in [0.25, 0.3) is 5.91 Å². The number of para-hydroxylation sites is 3. The maximum Gasteiger partial charge on any atom is 0.280 e. The molecule has 9 heteroatoms. The maximum atomic E-state index is 12.6. The predicted octanol–water partition coefficient (Wildman–Crippen LogP) is 2.71. The minimum atomic E-state index is -0.539. The van der Waals surface area contributed by atoms with E-state index in [0.29, 0.717) is 18.0 Å². The molecule has 0 aliphatic heterocycles. The van der Waals surface area contributed by atoms with Gasteiger partial charge in [0.1, 0.15) is 12.3 Å². The Bertz CT molecular complexity index is 1050. The number of nitrogens with zero attached hydrogens (tertiary/aromatic N) is 3. The lowest BCUT2D eigenvalue weighted by molar-refractivity contribution is -0.116. The number of aryl methyl sites for hydroxylation is 1. The van der Waals surface area contributed by atoms with Gasteiger partial charge in [-0.2, -0.15) is 0 Å². The highest BCUT2D eigenvalue weighted by molar-refractivity contribution is 6.06. The summed E-state index contributed by atoms with van der Waals surface area (Å²) in [6.07, 6.45) is 0.787. The highest BCUT2D eigenvalue weighted by Crippen LogP contribution is 2.24. The third kappa shape index (κ3) is 4.75. The first-order chi connectivity index (χ1) is 14.5. The number of benzene rings is 2. The molecular formula is C21H24N6O3. The summed E-state index contributed by atoms with van der Waals surface area (Å²) in [5.74, 6) is -0.322. The van der Waals surface area contributed by atoms with Crippen LogP contribution in [-0.4, -0.2) is 33.4 Å². The van der Waals surface area contributed by atoms with Gasteiger partial charge >= 0.3 is 0 Å². The van der Waals surface area contributed by atoms with Crippen molar-refractivity contribution in [2.75, 3.05) is 23.0 Å². The van der Waals surface area contributed by atoms with Crippen LogP contribution in [0.1, 0.15) is 29.9 Å². The van der Waals surface area contributed by atoms with Gasteiger partial charge in [-0.3, -0.25) is 9.59 Å². The zero-order valence-corrected chi connectivity index (χ0v) is 16.9. The molecule has 9 nitrogen and oxygen atoms in total. The van der Waals surface area contributed by atoms with E-state index in [1.54, 1.807) is 24.3 Å². The summed E-state index contributed by atoms with van der Waals surface area (Å²) in [6, 6.07) is 14.6. The predicted molar refractivity (Wildman–Crippen MR) is 114 cm³/mol. The zero-order valence-electron chi connectivity index (χ0n) is 16.9. The minimum Gasteiger partial charge on any atom is -0.492 e. The molecule has 0 atom stereocenters. The number of amides is 2. The van der Waals surface area contributed by atoms with Crippen molar-refractivity contribution >= 4 is 29.0 Å². The van der Waals surface area contributed by atoms with Gasteiger partial charge in [-0.25, -0.2) is 4.68 Å². The first-order valence-corrected chi connectivity index (χ1v) is 9.63. The van der Waals surface area contributed by atoms with Crippen molar-refractivity contribution in [3.63, 3.8) is 0 Å². The van der Waals surface area contributed by atoms with Crippen molar-refractivity contribution in [2.24, 2.45) is 0 Å². The monoisotopic (exact) mass is 408 g/mol. The van der Waals surface area contributed by atoms with Crippen LogP contribution in [0, 0.1) is 0 Å². The van der Waals surface area contributed by atoms with Crippen molar-refractivity contribution in [2.45, 2.75) is 26.8 Å². The standard InChI is InChI=1S/C21H24N6O3/c1-3-14-9-5-6-10-15(14)23-18(28)13-27-20(22)19(25-26-27)21(29)24-16-11-7-8-12-17(16)30-4-2/h5-12H,3-4,13,22H2,1-2H3,(H,23,28)(H,24,29). The van der Waals surface area contributed by atoms with Crippen LogP contribution in [0.15, 0.2) is 48.5 Å². The highest BCUT2D eigenvalue weighted by atomic mass is 16.5. The van der Waals surface area contributed by atoms with Gasteiger partial charge in [-0.05, 0) is 37.1 Å². The molecule has 0 spiro atoms. The van der Waals surface area contributed by atoms with E-state index >= 15 is 0 Å². The van der Waals surface area contributed by atoms with E-state index < -0.39 is 5.91 Å². The number of carbonyl (C=O) groups excluding carboxylic acids is 2. The lowest BCUT2D eigenvalue weighted by atomic mass is 10.1. The van der Waals surface area contributed by atoms with Gasteiger partial charge < -0.3 is 21.1 Å². The Kier molecular flexibility index (Phi) is 6.63. The Morgan fingerprint density at radius 2 is 1.73 bits per heavy atom. The molecule has 0 aliphatic carbocycles. The highest BCUT2D eigenvalue weighted by Gasteiger charge is 2.20. The number of carbonyl (C=O) groups is 2. The fourth-order valence-corrected chi connectivity index (χ4v) is 2.91. The second-order valence-electron chi connectivity index (χ2n) is 6.42. The number of nitrogens with two attached hydrogens (primary N) is 1. The van der Waals surface area contributed by atoms with Gasteiger partial charge in [-0.1, -0.05) is 42.5 Å². The second-order valence-corrected chi connectivity index (χ2v) is 6.42. The molecule has 0 unspecified atom stereocenters. The van der Waals surface area contributed by atoms with Gasteiger partial charge in [0.15, 0.2) is 11.5 Å². The van der Waals surface area contributed by atoms with Crippen LogP contribution in [0.3, 0.4) is 0 Å². The van der Waals surface area contributed by atoms with Crippen molar-refractivity contribution in [1.82, 2.24) is 15.0 Å². The Hall–Kier alpha value is -3.88. The van der Waals surface area contributed by atoms with E-state index in [2.05, 4.69) is 20.9 Å². The number of anilines is 3. The molecule has 1 aromatic heterocycles. The Labute approximate surface area is 174 Å². The molecule has 3 rings (SSSR count). The van der Waals surface area contributed by atoms with E-state index in [1.165, 1.54) is 4.68 Å². The van der Waals surface area contributed by atoms with Crippen molar-refractivity contribution < 1.29 is 14.3 Å². The van der Waals surface area contributed by atoms with E-state index in [-0.39, 0.29) is 24.0 Å². The molecule has 0 saturated heterocycles. The van der Waals surface area contributed by atoms with Crippen LogP contribution >= 0.6 is 0 Å².